The maximum absolute atomic E-state index is 5.76. The summed E-state index contributed by atoms with van der Waals surface area (Å²) in [5.41, 5.74) is 3.99. The topological polar surface area (TPSA) is 40.2 Å². The number of unbranched alkanes of at least 4 members (excludes halogenated alkanes) is 5. The number of halogens is 1. The summed E-state index contributed by atoms with van der Waals surface area (Å²) in [5.74, 6) is 4.29. The number of benzene rings is 2. The molecule has 0 N–H and O–H groups in total. The lowest BCUT2D eigenvalue weighted by Crippen LogP contribution is -2.33. The Labute approximate surface area is 236 Å². The second kappa shape index (κ2) is 15.5. The number of likely N-dealkylation sites (tertiary alicyclic amines) is 1. The molecule has 38 heavy (non-hydrogen) atoms. The van der Waals surface area contributed by atoms with Gasteiger partial charge in [0.1, 0.15) is 0 Å². The number of ether oxygens (including phenoxy) is 4. The molecular weight excluding hydrogens is 498 g/mol. The molecule has 2 aliphatic rings. The number of piperidine rings is 1. The third-order valence-electron chi connectivity index (χ3n) is 8.53. The number of hydrogen-bond acceptors (Lipinski definition) is 5. The van der Waals surface area contributed by atoms with Gasteiger partial charge in [0.2, 0.25) is 11.5 Å². The van der Waals surface area contributed by atoms with Gasteiger partial charge in [-0.15, -0.1) is 12.4 Å². The molecule has 4 rings (SSSR count). The lowest BCUT2D eigenvalue weighted by atomic mass is 9.89. The van der Waals surface area contributed by atoms with Gasteiger partial charge < -0.3 is 23.8 Å². The highest BCUT2D eigenvalue weighted by atomic mass is 35.5. The van der Waals surface area contributed by atoms with E-state index in [0.29, 0.717) is 17.4 Å². The van der Waals surface area contributed by atoms with Crippen LogP contribution in [0.1, 0.15) is 80.4 Å². The van der Waals surface area contributed by atoms with Crippen molar-refractivity contribution in [2.75, 3.05) is 48.1 Å². The van der Waals surface area contributed by atoms with E-state index in [1.807, 2.05) is 0 Å². The molecule has 1 saturated heterocycles. The van der Waals surface area contributed by atoms with Gasteiger partial charge in [-0.3, -0.25) is 0 Å². The second-order valence-corrected chi connectivity index (χ2v) is 10.8. The van der Waals surface area contributed by atoms with E-state index in [2.05, 4.69) is 35.2 Å². The van der Waals surface area contributed by atoms with Crippen LogP contribution >= 0.6 is 12.4 Å². The lowest BCUT2D eigenvalue weighted by Gasteiger charge is -2.32. The van der Waals surface area contributed by atoms with Gasteiger partial charge in [-0.2, -0.15) is 0 Å². The van der Waals surface area contributed by atoms with Crippen molar-refractivity contribution in [2.24, 2.45) is 5.92 Å². The maximum Gasteiger partial charge on any atom is 0.207 e. The Balaban J connectivity index is 0.00000400. The number of rotatable bonds is 14. The Kier molecular flexibility index (Phi) is 12.4. The predicted molar refractivity (Wildman–Crippen MR) is 158 cm³/mol. The minimum atomic E-state index is 0. The van der Waals surface area contributed by atoms with Gasteiger partial charge >= 0.3 is 0 Å². The van der Waals surface area contributed by atoms with Crippen LogP contribution in [-0.4, -0.2) is 53.0 Å². The normalized spacial score (nSPS) is 16.1. The van der Waals surface area contributed by atoms with Gasteiger partial charge in [-0.05, 0) is 75.6 Å². The first-order valence-electron chi connectivity index (χ1n) is 14.3. The average molecular weight is 546 g/mol. The molecule has 0 unspecified atom stereocenters. The van der Waals surface area contributed by atoms with E-state index in [9.17, 15) is 0 Å². The molecule has 2 aromatic carbocycles. The van der Waals surface area contributed by atoms with Crippen LogP contribution in [0.15, 0.2) is 30.3 Å². The van der Waals surface area contributed by atoms with Gasteiger partial charge in [0.25, 0.3) is 0 Å². The molecular formula is C32H48ClNO4. The highest BCUT2D eigenvalue weighted by Crippen LogP contribution is 2.53. The van der Waals surface area contributed by atoms with E-state index in [-0.39, 0.29) is 12.4 Å². The smallest absolute Gasteiger partial charge is 0.207 e. The largest absolute Gasteiger partial charge is 0.492 e. The van der Waals surface area contributed by atoms with Gasteiger partial charge in [0.05, 0.1) is 28.4 Å². The van der Waals surface area contributed by atoms with Crippen molar-refractivity contribution >= 4 is 12.4 Å². The summed E-state index contributed by atoms with van der Waals surface area (Å²) < 4.78 is 22.8. The summed E-state index contributed by atoms with van der Waals surface area (Å²) in [6.07, 6.45) is 14.0. The molecule has 0 amide bonds. The van der Waals surface area contributed by atoms with Crippen LogP contribution in [0.25, 0.3) is 0 Å². The molecule has 0 spiro atoms. The van der Waals surface area contributed by atoms with E-state index < -0.39 is 0 Å². The molecule has 1 fully saturated rings. The summed E-state index contributed by atoms with van der Waals surface area (Å²) in [6.45, 7) is 3.80. The van der Waals surface area contributed by atoms with Crippen molar-refractivity contribution in [1.82, 2.24) is 4.90 Å². The molecule has 0 bridgehead atoms. The SMILES string of the molecule is COc1c2c(c(OC)c(OC)c1OC)CC(CCCCCCCCN1CCC(c3ccccc3)CC1)C2.Cl. The Morgan fingerprint density at radius 2 is 1.16 bits per heavy atom. The first-order valence-corrected chi connectivity index (χ1v) is 14.3. The quantitative estimate of drug-likeness (QED) is 0.230. The standard InChI is InChI=1S/C32H47NO4.ClH/c1-34-29-27-22-24(23-28(27)30(35-2)32(37-4)31(29)36-3)14-10-7-5-6-8-13-19-33-20-17-26(18-21-33)25-15-11-9-12-16-25;/h9,11-12,15-16,24,26H,5-8,10,13-14,17-23H2,1-4H3;1H. The first kappa shape index (κ1) is 30.4. The molecule has 1 aliphatic carbocycles. The summed E-state index contributed by atoms with van der Waals surface area (Å²) in [4.78, 5) is 2.68. The van der Waals surface area contributed by atoms with Gasteiger partial charge in [0.15, 0.2) is 11.5 Å². The van der Waals surface area contributed by atoms with Crippen LogP contribution in [0.3, 0.4) is 0 Å². The highest BCUT2D eigenvalue weighted by Gasteiger charge is 2.33. The fourth-order valence-electron chi connectivity index (χ4n) is 6.53. The number of fused-ring (bicyclic) bond motifs is 1. The molecule has 0 aromatic heterocycles. The molecule has 1 aliphatic heterocycles. The van der Waals surface area contributed by atoms with E-state index in [0.717, 1.165) is 30.3 Å². The first-order chi connectivity index (χ1) is 18.2. The Bertz CT molecular complexity index is 934. The molecule has 2 aromatic rings. The van der Waals surface area contributed by atoms with Gasteiger partial charge in [-0.1, -0.05) is 62.4 Å². The minimum Gasteiger partial charge on any atom is -0.492 e. The van der Waals surface area contributed by atoms with Crippen LogP contribution in [0.4, 0.5) is 0 Å². The summed E-state index contributed by atoms with van der Waals surface area (Å²) in [7, 11) is 6.74. The summed E-state index contributed by atoms with van der Waals surface area (Å²) >= 11 is 0. The maximum atomic E-state index is 5.76. The zero-order valence-corrected chi connectivity index (χ0v) is 24.7. The summed E-state index contributed by atoms with van der Waals surface area (Å²) in [5, 5.41) is 0. The van der Waals surface area contributed by atoms with Crippen LogP contribution in [0.5, 0.6) is 23.0 Å². The third-order valence-corrected chi connectivity index (χ3v) is 8.53. The molecule has 6 heteroatoms. The Hall–Kier alpha value is -2.11. The van der Waals surface area contributed by atoms with Crippen molar-refractivity contribution < 1.29 is 18.9 Å². The second-order valence-electron chi connectivity index (χ2n) is 10.8. The molecule has 0 saturated carbocycles. The van der Waals surface area contributed by atoms with E-state index in [4.69, 9.17) is 18.9 Å². The zero-order valence-electron chi connectivity index (χ0n) is 23.9. The van der Waals surface area contributed by atoms with E-state index in [1.54, 1.807) is 28.4 Å². The zero-order chi connectivity index (χ0) is 26.0. The van der Waals surface area contributed by atoms with Crippen molar-refractivity contribution in [2.45, 2.75) is 76.5 Å². The average Bonchev–Trinajstić information content (AvgIpc) is 3.37. The molecule has 212 valence electrons. The van der Waals surface area contributed by atoms with Crippen LogP contribution in [-0.2, 0) is 12.8 Å². The minimum absolute atomic E-state index is 0. The number of nitrogens with zero attached hydrogens (tertiary/aromatic N) is 1. The number of hydrogen-bond donors (Lipinski definition) is 0. The van der Waals surface area contributed by atoms with Crippen molar-refractivity contribution in [3.05, 3.63) is 47.0 Å². The molecule has 0 atom stereocenters. The van der Waals surface area contributed by atoms with Crippen LogP contribution < -0.4 is 18.9 Å². The fourth-order valence-corrected chi connectivity index (χ4v) is 6.53. The number of methoxy groups -OCH3 is 4. The highest BCUT2D eigenvalue weighted by molar-refractivity contribution is 5.85. The van der Waals surface area contributed by atoms with Crippen molar-refractivity contribution in [3.8, 4) is 23.0 Å². The van der Waals surface area contributed by atoms with Crippen molar-refractivity contribution in [1.29, 1.82) is 0 Å². The molecule has 0 radical (unpaired) electrons. The van der Waals surface area contributed by atoms with Crippen LogP contribution in [0, 0.1) is 5.92 Å². The predicted octanol–water partition coefficient (Wildman–Crippen LogP) is 7.47. The Morgan fingerprint density at radius 1 is 0.658 bits per heavy atom. The monoisotopic (exact) mass is 545 g/mol. The summed E-state index contributed by atoms with van der Waals surface area (Å²) in [6, 6.07) is 11.1. The van der Waals surface area contributed by atoms with Crippen molar-refractivity contribution in [3.63, 3.8) is 0 Å². The lowest BCUT2D eigenvalue weighted by molar-refractivity contribution is 0.208. The van der Waals surface area contributed by atoms with E-state index in [1.165, 1.54) is 94.1 Å². The van der Waals surface area contributed by atoms with Gasteiger partial charge in [0, 0.05) is 11.1 Å². The third kappa shape index (κ3) is 7.30. The molecule has 5 nitrogen and oxygen atoms in total. The van der Waals surface area contributed by atoms with E-state index >= 15 is 0 Å². The Morgan fingerprint density at radius 3 is 1.68 bits per heavy atom. The fraction of sp³-hybridized carbons (Fsp3) is 0.625. The molecule has 1 heterocycles. The van der Waals surface area contributed by atoms with Gasteiger partial charge in [-0.25, -0.2) is 0 Å². The van der Waals surface area contributed by atoms with Crippen LogP contribution in [0.2, 0.25) is 0 Å².